The Morgan fingerprint density at radius 2 is 2.45 bits per heavy atom. The van der Waals surface area contributed by atoms with Gasteiger partial charge in [-0.1, -0.05) is 6.92 Å². The molecule has 62 valence electrons. The summed E-state index contributed by atoms with van der Waals surface area (Å²) in [5, 5.41) is 3.95. The summed E-state index contributed by atoms with van der Waals surface area (Å²) in [4.78, 5) is 4.08. The average molecular weight is 154 g/mol. The molecular weight excluding hydrogens is 140 g/mol. The molecule has 1 aromatic heterocycles. The van der Waals surface area contributed by atoms with Crippen LogP contribution in [0.2, 0.25) is 0 Å². The molecule has 11 heavy (non-hydrogen) atoms. The molecule has 4 heteroatoms. The van der Waals surface area contributed by atoms with E-state index in [2.05, 4.69) is 17.0 Å². The third-order valence-electron chi connectivity index (χ3n) is 1.77. The number of hydrogen-bond donors (Lipinski definition) is 1. The van der Waals surface area contributed by atoms with E-state index in [0.717, 1.165) is 18.7 Å². The quantitative estimate of drug-likeness (QED) is 0.671. The normalized spacial score (nSPS) is 13.4. The van der Waals surface area contributed by atoms with Gasteiger partial charge in [-0.3, -0.25) is 4.68 Å². The largest absolute Gasteiger partial charge is 0.327 e. The van der Waals surface area contributed by atoms with E-state index in [4.69, 9.17) is 5.73 Å². The van der Waals surface area contributed by atoms with Crippen LogP contribution in [0.1, 0.15) is 19.2 Å². The Kier molecular flexibility index (Phi) is 2.59. The predicted molar refractivity (Wildman–Crippen MR) is 43.0 cm³/mol. The molecule has 0 aliphatic heterocycles. The van der Waals surface area contributed by atoms with E-state index in [-0.39, 0.29) is 6.04 Å². The fraction of sp³-hybridized carbons (Fsp3) is 0.714. The number of nitrogens with zero attached hydrogens (tertiary/aromatic N) is 3. The molecule has 1 unspecified atom stereocenters. The fourth-order valence-electron chi connectivity index (χ4n) is 0.884. The van der Waals surface area contributed by atoms with Gasteiger partial charge in [0.15, 0.2) is 0 Å². The van der Waals surface area contributed by atoms with Crippen LogP contribution in [0.3, 0.4) is 0 Å². The molecule has 1 aromatic rings. The molecular formula is C7H14N4. The number of aryl methyl sites for hydroxylation is 1. The van der Waals surface area contributed by atoms with E-state index >= 15 is 0 Å². The third kappa shape index (κ3) is 2.01. The van der Waals surface area contributed by atoms with E-state index in [1.54, 1.807) is 11.0 Å². The summed E-state index contributed by atoms with van der Waals surface area (Å²) in [5.41, 5.74) is 5.75. The maximum atomic E-state index is 5.75. The lowest BCUT2D eigenvalue weighted by Crippen LogP contribution is -2.23. The molecule has 0 spiro atoms. The number of rotatable bonds is 3. The Bertz CT molecular complexity index is 218. The Morgan fingerprint density at radius 3 is 2.91 bits per heavy atom. The van der Waals surface area contributed by atoms with Crippen molar-refractivity contribution in [3.05, 3.63) is 12.2 Å². The molecule has 1 rings (SSSR count). The molecule has 0 saturated heterocycles. The van der Waals surface area contributed by atoms with Crippen molar-refractivity contribution in [2.24, 2.45) is 12.8 Å². The van der Waals surface area contributed by atoms with E-state index < -0.39 is 0 Å². The van der Waals surface area contributed by atoms with Crippen molar-refractivity contribution in [2.45, 2.75) is 25.8 Å². The van der Waals surface area contributed by atoms with Crippen molar-refractivity contribution >= 4 is 0 Å². The standard InChI is InChI=1S/C7H14N4/c1-3-6(8)4-7-9-5-10-11(7)2/h5-6H,3-4,8H2,1-2H3. The zero-order valence-electron chi connectivity index (χ0n) is 6.99. The molecule has 0 amide bonds. The second kappa shape index (κ2) is 3.48. The van der Waals surface area contributed by atoms with Gasteiger partial charge in [-0.2, -0.15) is 5.10 Å². The van der Waals surface area contributed by atoms with Crippen LogP contribution in [0.4, 0.5) is 0 Å². The zero-order chi connectivity index (χ0) is 8.27. The van der Waals surface area contributed by atoms with Gasteiger partial charge in [0.25, 0.3) is 0 Å². The summed E-state index contributed by atoms with van der Waals surface area (Å²) in [7, 11) is 1.88. The summed E-state index contributed by atoms with van der Waals surface area (Å²) < 4.78 is 1.76. The second-order valence-corrected chi connectivity index (χ2v) is 2.67. The van der Waals surface area contributed by atoms with Crippen LogP contribution >= 0.6 is 0 Å². The molecule has 0 bridgehead atoms. The highest BCUT2D eigenvalue weighted by atomic mass is 15.3. The van der Waals surface area contributed by atoms with Gasteiger partial charge in [0.1, 0.15) is 12.2 Å². The Hall–Kier alpha value is -0.900. The van der Waals surface area contributed by atoms with Crippen LogP contribution in [-0.2, 0) is 13.5 Å². The Balaban J connectivity index is 2.56. The van der Waals surface area contributed by atoms with Crippen LogP contribution in [0, 0.1) is 0 Å². The van der Waals surface area contributed by atoms with E-state index in [1.807, 2.05) is 7.05 Å². The van der Waals surface area contributed by atoms with Crippen LogP contribution in [0.5, 0.6) is 0 Å². The number of hydrogen-bond acceptors (Lipinski definition) is 3. The van der Waals surface area contributed by atoms with E-state index in [0.29, 0.717) is 0 Å². The molecule has 0 saturated carbocycles. The number of aromatic nitrogens is 3. The van der Waals surface area contributed by atoms with Crippen LogP contribution in [0.15, 0.2) is 6.33 Å². The van der Waals surface area contributed by atoms with Gasteiger partial charge < -0.3 is 5.73 Å². The summed E-state index contributed by atoms with van der Waals surface area (Å²) in [6.07, 6.45) is 3.34. The summed E-state index contributed by atoms with van der Waals surface area (Å²) in [5.74, 6) is 0.958. The molecule has 0 fully saturated rings. The number of nitrogens with two attached hydrogens (primary N) is 1. The Labute approximate surface area is 66.4 Å². The van der Waals surface area contributed by atoms with Gasteiger partial charge >= 0.3 is 0 Å². The molecule has 4 nitrogen and oxygen atoms in total. The van der Waals surface area contributed by atoms with Crippen molar-refractivity contribution in [3.8, 4) is 0 Å². The van der Waals surface area contributed by atoms with Crippen molar-refractivity contribution in [1.82, 2.24) is 14.8 Å². The second-order valence-electron chi connectivity index (χ2n) is 2.67. The van der Waals surface area contributed by atoms with Crippen molar-refractivity contribution < 1.29 is 0 Å². The monoisotopic (exact) mass is 154 g/mol. The first kappa shape index (κ1) is 8.20. The molecule has 2 N–H and O–H groups in total. The lowest BCUT2D eigenvalue weighted by Gasteiger charge is -2.06. The van der Waals surface area contributed by atoms with Crippen LogP contribution < -0.4 is 5.73 Å². The first-order chi connectivity index (χ1) is 5.24. The SMILES string of the molecule is CCC(N)Cc1ncnn1C. The summed E-state index contributed by atoms with van der Waals surface area (Å²) in [6, 6.07) is 0.206. The maximum Gasteiger partial charge on any atom is 0.138 e. The molecule has 0 aromatic carbocycles. The van der Waals surface area contributed by atoms with Crippen LogP contribution in [0.25, 0.3) is 0 Å². The third-order valence-corrected chi connectivity index (χ3v) is 1.77. The Morgan fingerprint density at radius 1 is 1.73 bits per heavy atom. The maximum absolute atomic E-state index is 5.75. The molecule has 1 heterocycles. The lowest BCUT2D eigenvalue weighted by atomic mass is 10.2. The highest BCUT2D eigenvalue weighted by Crippen LogP contribution is 1.97. The van der Waals surface area contributed by atoms with Gasteiger partial charge in [0, 0.05) is 19.5 Å². The molecule has 0 aliphatic rings. The van der Waals surface area contributed by atoms with Crippen molar-refractivity contribution in [1.29, 1.82) is 0 Å². The first-order valence-corrected chi connectivity index (χ1v) is 3.82. The molecule has 0 radical (unpaired) electrons. The highest BCUT2D eigenvalue weighted by Gasteiger charge is 2.05. The van der Waals surface area contributed by atoms with E-state index in [9.17, 15) is 0 Å². The predicted octanol–water partition coefficient (Wildman–Crippen LogP) is 0.0949. The summed E-state index contributed by atoms with van der Waals surface area (Å²) >= 11 is 0. The molecule has 0 aliphatic carbocycles. The minimum Gasteiger partial charge on any atom is -0.327 e. The first-order valence-electron chi connectivity index (χ1n) is 3.82. The minimum atomic E-state index is 0.206. The topological polar surface area (TPSA) is 56.7 Å². The average Bonchev–Trinajstić information content (AvgIpc) is 2.37. The van der Waals surface area contributed by atoms with Gasteiger partial charge in [-0.15, -0.1) is 0 Å². The van der Waals surface area contributed by atoms with Crippen LogP contribution in [-0.4, -0.2) is 20.8 Å². The van der Waals surface area contributed by atoms with Gasteiger partial charge in [-0.25, -0.2) is 4.98 Å². The van der Waals surface area contributed by atoms with Gasteiger partial charge in [0.05, 0.1) is 0 Å². The molecule has 1 atom stereocenters. The van der Waals surface area contributed by atoms with Gasteiger partial charge in [-0.05, 0) is 6.42 Å². The smallest absolute Gasteiger partial charge is 0.138 e. The minimum absolute atomic E-state index is 0.206. The van der Waals surface area contributed by atoms with Gasteiger partial charge in [0.2, 0.25) is 0 Å². The lowest BCUT2D eigenvalue weighted by molar-refractivity contribution is 0.592. The summed E-state index contributed by atoms with van der Waals surface area (Å²) in [6.45, 7) is 2.07. The zero-order valence-corrected chi connectivity index (χ0v) is 6.99. The van der Waals surface area contributed by atoms with Crippen molar-refractivity contribution in [2.75, 3.05) is 0 Å². The highest BCUT2D eigenvalue weighted by molar-refractivity contribution is 4.87. The van der Waals surface area contributed by atoms with Crippen molar-refractivity contribution in [3.63, 3.8) is 0 Å². The fourth-order valence-corrected chi connectivity index (χ4v) is 0.884. The van der Waals surface area contributed by atoms with E-state index in [1.165, 1.54) is 0 Å².